The molecule has 0 heterocycles. The van der Waals surface area contributed by atoms with Crippen molar-refractivity contribution in [1.29, 1.82) is 0 Å². The van der Waals surface area contributed by atoms with Gasteiger partial charge in [-0.15, -0.1) is 0 Å². The summed E-state index contributed by atoms with van der Waals surface area (Å²) in [7, 11) is 0. The van der Waals surface area contributed by atoms with E-state index in [4.69, 9.17) is 9.47 Å². The zero-order chi connectivity index (χ0) is 13.5. The molecule has 0 bridgehead atoms. The summed E-state index contributed by atoms with van der Waals surface area (Å²) in [6.45, 7) is 2.55. The van der Waals surface area contributed by atoms with Crippen LogP contribution in [0.1, 0.15) is 17.3 Å². The molecule has 19 heavy (non-hydrogen) atoms. The van der Waals surface area contributed by atoms with Crippen molar-refractivity contribution >= 4 is 5.78 Å². The van der Waals surface area contributed by atoms with Crippen LogP contribution in [-0.2, 0) is 0 Å². The highest BCUT2D eigenvalue weighted by atomic mass is 16.5. The first-order valence-electron chi connectivity index (χ1n) is 6.23. The number of hydrogen-bond donors (Lipinski definition) is 0. The Hall–Kier alpha value is -2.29. The lowest BCUT2D eigenvalue weighted by Gasteiger charge is -2.08. The molecule has 0 radical (unpaired) electrons. The molecule has 0 saturated heterocycles. The van der Waals surface area contributed by atoms with Crippen LogP contribution in [0.5, 0.6) is 11.5 Å². The molecule has 2 rings (SSSR count). The van der Waals surface area contributed by atoms with E-state index in [0.29, 0.717) is 17.9 Å². The summed E-state index contributed by atoms with van der Waals surface area (Å²) in [5.74, 6) is 1.34. The molecular weight excluding hydrogens is 240 g/mol. The van der Waals surface area contributed by atoms with Crippen molar-refractivity contribution in [3.8, 4) is 11.5 Å². The van der Waals surface area contributed by atoms with Gasteiger partial charge in [0.25, 0.3) is 0 Å². The smallest absolute Gasteiger partial charge is 0.200 e. The van der Waals surface area contributed by atoms with Gasteiger partial charge in [0.15, 0.2) is 12.4 Å². The van der Waals surface area contributed by atoms with Gasteiger partial charge in [-0.1, -0.05) is 36.4 Å². The van der Waals surface area contributed by atoms with Gasteiger partial charge in [-0.25, -0.2) is 0 Å². The van der Waals surface area contributed by atoms with Crippen LogP contribution in [0.3, 0.4) is 0 Å². The molecule has 0 aliphatic carbocycles. The minimum atomic E-state index is -0.0394. The van der Waals surface area contributed by atoms with Gasteiger partial charge in [-0.05, 0) is 19.1 Å². The molecule has 3 heteroatoms. The molecule has 0 aliphatic heterocycles. The van der Waals surface area contributed by atoms with E-state index in [1.54, 1.807) is 24.3 Å². The molecule has 0 spiro atoms. The fourth-order valence-corrected chi connectivity index (χ4v) is 1.68. The monoisotopic (exact) mass is 256 g/mol. The summed E-state index contributed by atoms with van der Waals surface area (Å²) >= 11 is 0. The highest BCUT2D eigenvalue weighted by molar-refractivity contribution is 5.97. The highest BCUT2D eigenvalue weighted by Crippen LogP contribution is 2.19. The summed E-state index contributed by atoms with van der Waals surface area (Å²) in [6, 6.07) is 16.4. The Morgan fingerprint density at radius 3 is 2.32 bits per heavy atom. The zero-order valence-electron chi connectivity index (χ0n) is 10.8. The molecule has 2 aromatic rings. The topological polar surface area (TPSA) is 35.5 Å². The van der Waals surface area contributed by atoms with Crippen molar-refractivity contribution < 1.29 is 14.3 Å². The lowest BCUT2D eigenvalue weighted by Crippen LogP contribution is -2.11. The van der Waals surface area contributed by atoms with Gasteiger partial charge in [-0.2, -0.15) is 0 Å². The number of ketones is 1. The van der Waals surface area contributed by atoms with Gasteiger partial charge in [-0.3, -0.25) is 4.79 Å². The number of ether oxygens (including phenoxy) is 2. The normalized spacial score (nSPS) is 9.95. The molecule has 0 N–H and O–H groups in total. The summed E-state index contributed by atoms with van der Waals surface area (Å²) < 4.78 is 10.9. The second-order valence-corrected chi connectivity index (χ2v) is 3.99. The van der Waals surface area contributed by atoms with Crippen LogP contribution in [0.2, 0.25) is 0 Å². The average Bonchev–Trinajstić information content (AvgIpc) is 2.46. The Kier molecular flexibility index (Phi) is 4.56. The average molecular weight is 256 g/mol. The second kappa shape index (κ2) is 6.59. The van der Waals surface area contributed by atoms with E-state index in [9.17, 15) is 4.79 Å². The largest absolute Gasteiger partial charge is 0.494 e. The van der Waals surface area contributed by atoms with Crippen LogP contribution >= 0.6 is 0 Å². The van der Waals surface area contributed by atoms with E-state index >= 15 is 0 Å². The van der Waals surface area contributed by atoms with E-state index in [1.807, 2.05) is 37.3 Å². The molecule has 0 saturated carbocycles. The lowest BCUT2D eigenvalue weighted by molar-refractivity contribution is 0.0921. The van der Waals surface area contributed by atoms with Crippen molar-refractivity contribution in [2.75, 3.05) is 13.2 Å². The molecule has 0 atom stereocenters. The van der Waals surface area contributed by atoms with Gasteiger partial charge < -0.3 is 9.47 Å². The maximum absolute atomic E-state index is 11.9. The van der Waals surface area contributed by atoms with Crippen LogP contribution in [-0.4, -0.2) is 19.0 Å². The number of rotatable bonds is 6. The summed E-state index contributed by atoms with van der Waals surface area (Å²) in [5.41, 5.74) is 0.656. The lowest BCUT2D eigenvalue weighted by atomic mass is 10.1. The van der Waals surface area contributed by atoms with Crippen LogP contribution in [0.4, 0.5) is 0 Å². The van der Waals surface area contributed by atoms with E-state index < -0.39 is 0 Å². The quantitative estimate of drug-likeness (QED) is 0.743. The van der Waals surface area contributed by atoms with Crippen molar-refractivity contribution in [3.63, 3.8) is 0 Å². The molecule has 0 fully saturated rings. The van der Waals surface area contributed by atoms with Crippen molar-refractivity contribution in [1.82, 2.24) is 0 Å². The van der Waals surface area contributed by atoms with Gasteiger partial charge in [0.2, 0.25) is 0 Å². The summed E-state index contributed by atoms with van der Waals surface area (Å²) in [5, 5.41) is 0. The highest BCUT2D eigenvalue weighted by Gasteiger charge is 2.06. The maximum atomic E-state index is 11.9. The molecule has 98 valence electrons. The summed E-state index contributed by atoms with van der Waals surface area (Å²) in [4.78, 5) is 11.9. The fraction of sp³-hybridized carbons (Fsp3) is 0.188. The Balaban J connectivity index is 1.95. The maximum Gasteiger partial charge on any atom is 0.200 e. The Labute approximate surface area is 112 Å². The molecule has 0 unspecified atom stereocenters. The Morgan fingerprint density at radius 1 is 0.947 bits per heavy atom. The van der Waals surface area contributed by atoms with Crippen molar-refractivity contribution in [2.45, 2.75) is 6.92 Å². The van der Waals surface area contributed by atoms with Crippen LogP contribution in [0.25, 0.3) is 0 Å². The molecule has 2 aromatic carbocycles. The predicted molar refractivity (Wildman–Crippen MR) is 73.9 cm³/mol. The summed E-state index contributed by atoms with van der Waals surface area (Å²) in [6.07, 6.45) is 0. The Morgan fingerprint density at radius 2 is 1.63 bits per heavy atom. The number of hydrogen-bond acceptors (Lipinski definition) is 3. The predicted octanol–water partition coefficient (Wildman–Crippen LogP) is 3.35. The third-order valence-electron chi connectivity index (χ3n) is 2.58. The Bertz CT molecular complexity index is 535. The van der Waals surface area contributed by atoms with Gasteiger partial charge in [0, 0.05) is 11.6 Å². The molecule has 0 amide bonds. The van der Waals surface area contributed by atoms with E-state index in [-0.39, 0.29) is 12.4 Å². The number of Topliss-reactive ketones (excluding diaryl/α,β-unsaturated/α-hetero) is 1. The van der Waals surface area contributed by atoms with E-state index in [1.165, 1.54) is 0 Å². The number of carbonyl (C=O) groups excluding carboxylic acids is 1. The first-order chi connectivity index (χ1) is 9.29. The first-order valence-corrected chi connectivity index (χ1v) is 6.23. The molecule has 0 aliphatic rings. The third-order valence-corrected chi connectivity index (χ3v) is 2.58. The number of carbonyl (C=O) groups is 1. The standard InChI is InChI=1S/C16H16O3/c1-2-18-14-9-6-10-15(11-14)19-12-16(17)13-7-4-3-5-8-13/h3-11H,2,12H2,1H3. The van der Waals surface area contributed by atoms with Crippen molar-refractivity contribution in [2.24, 2.45) is 0 Å². The second-order valence-electron chi connectivity index (χ2n) is 3.99. The van der Waals surface area contributed by atoms with E-state index in [2.05, 4.69) is 0 Å². The van der Waals surface area contributed by atoms with Crippen molar-refractivity contribution in [3.05, 3.63) is 60.2 Å². The zero-order valence-corrected chi connectivity index (χ0v) is 10.8. The van der Waals surface area contributed by atoms with Gasteiger partial charge in [0.1, 0.15) is 11.5 Å². The fourth-order valence-electron chi connectivity index (χ4n) is 1.68. The SMILES string of the molecule is CCOc1cccc(OCC(=O)c2ccccc2)c1. The van der Waals surface area contributed by atoms with Gasteiger partial charge in [0.05, 0.1) is 6.61 Å². The van der Waals surface area contributed by atoms with E-state index in [0.717, 1.165) is 5.75 Å². The molecular formula is C16H16O3. The van der Waals surface area contributed by atoms with Gasteiger partial charge >= 0.3 is 0 Å². The minimum absolute atomic E-state index is 0.0274. The minimum Gasteiger partial charge on any atom is -0.494 e. The molecule has 0 aromatic heterocycles. The third kappa shape index (κ3) is 3.85. The van der Waals surface area contributed by atoms with Crippen LogP contribution in [0, 0.1) is 0 Å². The van der Waals surface area contributed by atoms with Crippen LogP contribution < -0.4 is 9.47 Å². The number of benzene rings is 2. The molecule has 3 nitrogen and oxygen atoms in total. The first kappa shape index (κ1) is 13.1. The van der Waals surface area contributed by atoms with Crippen LogP contribution in [0.15, 0.2) is 54.6 Å².